The van der Waals surface area contributed by atoms with Crippen LogP contribution in [-0.4, -0.2) is 12.8 Å². The molecule has 1 rings (SSSR count). The molecule has 0 aromatic carbocycles. The molecule has 0 saturated heterocycles. The van der Waals surface area contributed by atoms with E-state index < -0.39 is 0 Å². The van der Waals surface area contributed by atoms with E-state index >= 15 is 0 Å². The first kappa shape index (κ1) is 8.98. The van der Waals surface area contributed by atoms with E-state index in [0.29, 0.717) is 0 Å². The molecule has 1 aliphatic rings. The van der Waals surface area contributed by atoms with E-state index in [1.807, 2.05) is 7.05 Å². The molecule has 0 heterocycles. The zero-order valence-corrected chi connectivity index (χ0v) is 8.18. The number of rotatable bonds is 0. The van der Waals surface area contributed by atoms with Crippen LogP contribution in [0.3, 0.4) is 0 Å². The van der Waals surface area contributed by atoms with Crippen LogP contribution in [0.5, 0.6) is 0 Å². The van der Waals surface area contributed by atoms with Crippen molar-refractivity contribution in [3.63, 3.8) is 0 Å². The first-order valence-electron chi connectivity index (χ1n) is 4.16. The monoisotopic (exact) mass is 161 g/mol. The molecule has 0 unspecified atom stereocenters. The highest BCUT2D eigenvalue weighted by molar-refractivity contribution is 6.12. The summed E-state index contributed by atoms with van der Waals surface area (Å²) in [5, 5.41) is 0. The fourth-order valence-electron chi connectivity index (χ4n) is 1.25. The average molecular weight is 161 g/mol. The molecule has 1 aliphatic carbocycles. The Morgan fingerprint density at radius 3 is 2.42 bits per heavy atom. The van der Waals surface area contributed by atoms with Gasteiger partial charge in [0.15, 0.2) is 0 Å². The fraction of sp³-hybridized carbons (Fsp3) is 0.364. The maximum Gasteiger partial charge on any atom is 0.0645 e. The number of aliphatic imine (C=N–C) groups is 1. The highest BCUT2D eigenvalue weighted by Crippen LogP contribution is 2.16. The minimum atomic E-state index is 1.09. The second-order valence-corrected chi connectivity index (χ2v) is 3.24. The van der Waals surface area contributed by atoms with Crippen LogP contribution in [0.4, 0.5) is 0 Å². The minimum absolute atomic E-state index is 1.09. The first-order valence-corrected chi connectivity index (χ1v) is 4.16. The number of hydrogen-bond donors (Lipinski definition) is 0. The van der Waals surface area contributed by atoms with Crippen LogP contribution in [-0.2, 0) is 0 Å². The quantitative estimate of drug-likeness (QED) is 0.518. The number of nitrogens with zero attached hydrogens (tertiary/aromatic N) is 1. The highest BCUT2D eigenvalue weighted by Gasteiger charge is 2.06. The van der Waals surface area contributed by atoms with Crippen LogP contribution in [0.15, 0.2) is 39.9 Å². The number of hydrogen-bond acceptors (Lipinski definition) is 1. The maximum atomic E-state index is 4.23. The van der Waals surface area contributed by atoms with Crippen molar-refractivity contribution in [3.8, 4) is 0 Å². The Bertz CT molecular complexity index is 297. The minimum Gasteiger partial charge on any atom is -0.288 e. The van der Waals surface area contributed by atoms with E-state index in [1.165, 1.54) is 16.7 Å². The third-order valence-electron chi connectivity index (χ3n) is 1.93. The summed E-state index contributed by atoms with van der Waals surface area (Å²) >= 11 is 0. The molecule has 64 valence electrons. The maximum absolute atomic E-state index is 4.23. The van der Waals surface area contributed by atoms with Gasteiger partial charge in [-0.15, -0.1) is 0 Å². The van der Waals surface area contributed by atoms with Crippen LogP contribution < -0.4 is 0 Å². The summed E-state index contributed by atoms with van der Waals surface area (Å²) < 4.78 is 0. The summed E-state index contributed by atoms with van der Waals surface area (Å²) in [4.78, 5) is 4.23. The molecule has 0 amide bonds. The molecule has 0 saturated carbocycles. The molecule has 0 fully saturated rings. The largest absolute Gasteiger partial charge is 0.288 e. The molecule has 12 heavy (non-hydrogen) atoms. The van der Waals surface area contributed by atoms with E-state index in [4.69, 9.17) is 0 Å². The Labute approximate surface area is 74.2 Å². The van der Waals surface area contributed by atoms with Gasteiger partial charge in [-0.1, -0.05) is 17.7 Å². The molecule has 0 bridgehead atoms. The molecule has 0 spiro atoms. The van der Waals surface area contributed by atoms with Crippen LogP contribution in [0.2, 0.25) is 0 Å². The lowest BCUT2D eigenvalue weighted by atomic mass is 9.97. The predicted molar refractivity (Wildman–Crippen MR) is 54.6 cm³/mol. The smallest absolute Gasteiger partial charge is 0.0645 e. The molecule has 0 aromatic heterocycles. The fourth-order valence-corrected chi connectivity index (χ4v) is 1.25. The van der Waals surface area contributed by atoms with Crippen molar-refractivity contribution in [1.29, 1.82) is 0 Å². The Balaban J connectivity index is 3.14. The van der Waals surface area contributed by atoms with Gasteiger partial charge in [0.25, 0.3) is 0 Å². The van der Waals surface area contributed by atoms with E-state index in [-0.39, 0.29) is 0 Å². The van der Waals surface area contributed by atoms with Gasteiger partial charge in [-0.2, -0.15) is 0 Å². The summed E-state index contributed by atoms with van der Waals surface area (Å²) in [6.07, 6.45) is 6.37. The van der Waals surface area contributed by atoms with Gasteiger partial charge in [0, 0.05) is 7.05 Å². The third kappa shape index (κ3) is 1.73. The second kappa shape index (κ2) is 3.53. The van der Waals surface area contributed by atoms with Crippen molar-refractivity contribution in [2.24, 2.45) is 4.99 Å². The normalized spacial score (nSPS) is 19.8. The summed E-state index contributed by atoms with van der Waals surface area (Å²) in [6, 6.07) is 0. The summed E-state index contributed by atoms with van der Waals surface area (Å²) in [5.74, 6) is 0. The van der Waals surface area contributed by atoms with Crippen LogP contribution in [0.25, 0.3) is 0 Å². The van der Waals surface area contributed by atoms with Crippen molar-refractivity contribution >= 4 is 5.71 Å². The SMILES string of the molecule is CN=C1C=C(C)C=CC1=C(C)C. The second-order valence-electron chi connectivity index (χ2n) is 3.24. The highest BCUT2D eigenvalue weighted by atomic mass is 14.7. The summed E-state index contributed by atoms with van der Waals surface area (Å²) in [6.45, 7) is 6.31. The van der Waals surface area contributed by atoms with Gasteiger partial charge in [0.05, 0.1) is 5.71 Å². The molecular formula is C11H15N. The molecule has 0 N–H and O–H groups in total. The van der Waals surface area contributed by atoms with Crippen molar-refractivity contribution in [2.45, 2.75) is 20.8 Å². The van der Waals surface area contributed by atoms with Gasteiger partial charge < -0.3 is 0 Å². The van der Waals surface area contributed by atoms with Crippen molar-refractivity contribution in [3.05, 3.63) is 34.9 Å². The van der Waals surface area contributed by atoms with Crippen molar-refractivity contribution in [2.75, 3.05) is 7.05 Å². The van der Waals surface area contributed by atoms with Crippen molar-refractivity contribution < 1.29 is 0 Å². The molecule has 0 radical (unpaired) electrons. The number of allylic oxidation sites excluding steroid dienone is 6. The molecule has 1 heteroatoms. The van der Waals surface area contributed by atoms with Gasteiger partial charge in [-0.05, 0) is 38.0 Å². The van der Waals surface area contributed by atoms with Gasteiger partial charge in [0.2, 0.25) is 0 Å². The summed E-state index contributed by atoms with van der Waals surface area (Å²) in [5.41, 5.74) is 4.93. The van der Waals surface area contributed by atoms with E-state index in [2.05, 4.69) is 44.0 Å². The standard InChI is InChI=1S/C11H15N/c1-8(2)10-6-5-9(3)7-11(10)12-4/h5-7H,1-4H3. The van der Waals surface area contributed by atoms with Gasteiger partial charge in [-0.3, -0.25) is 4.99 Å². The lowest BCUT2D eigenvalue weighted by Gasteiger charge is -2.10. The Hall–Kier alpha value is -1.11. The Morgan fingerprint density at radius 2 is 1.92 bits per heavy atom. The van der Waals surface area contributed by atoms with Crippen LogP contribution >= 0.6 is 0 Å². The molecule has 0 aromatic rings. The molecular weight excluding hydrogens is 146 g/mol. The Morgan fingerprint density at radius 1 is 1.25 bits per heavy atom. The van der Waals surface area contributed by atoms with E-state index in [1.54, 1.807) is 0 Å². The molecule has 1 nitrogen and oxygen atoms in total. The molecule has 0 atom stereocenters. The summed E-state index contributed by atoms with van der Waals surface area (Å²) in [7, 11) is 1.83. The van der Waals surface area contributed by atoms with Gasteiger partial charge in [-0.25, -0.2) is 0 Å². The lowest BCUT2D eigenvalue weighted by molar-refractivity contribution is 1.32. The van der Waals surface area contributed by atoms with Gasteiger partial charge in [0.1, 0.15) is 0 Å². The van der Waals surface area contributed by atoms with E-state index in [9.17, 15) is 0 Å². The Kier molecular flexibility index (Phi) is 2.64. The predicted octanol–water partition coefficient (Wildman–Crippen LogP) is 2.91. The topological polar surface area (TPSA) is 12.4 Å². The third-order valence-corrected chi connectivity index (χ3v) is 1.93. The zero-order valence-electron chi connectivity index (χ0n) is 8.18. The van der Waals surface area contributed by atoms with Crippen molar-refractivity contribution in [1.82, 2.24) is 0 Å². The lowest BCUT2D eigenvalue weighted by Crippen LogP contribution is -2.03. The molecule has 0 aliphatic heterocycles. The van der Waals surface area contributed by atoms with Crippen LogP contribution in [0, 0.1) is 0 Å². The average Bonchev–Trinajstić information content (AvgIpc) is 2.03. The zero-order chi connectivity index (χ0) is 9.14. The van der Waals surface area contributed by atoms with E-state index in [0.717, 1.165) is 5.71 Å². The van der Waals surface area contributed by atoms with Crippen LogP contribution in [0.1, 0.15) is 20.8 Å². The first-order chi connectivity index (χ1) is 5.65. The van der Waals surface area contributed by atoms with Gasteiger partial charge >= 0.3 is 0 Å².